The summed E-state index contributed by atoms with van der Waals surface area (Å²) in [6, 6.07) is 0. The largest absolute Gasteiger partial charge is 0.348 e. The van der Waals surface area contributed by atoms with Crippen molar-refractivity contribution in [3.05, 3.63) is 0 Å². The van der Waals surface area contributed by atoms with Crippen LogP contribution < -0.4 is 0 Å². The Balaban J connectivity index is 5.04. The molecule has 0 spiro atoms. The van der Waals surface area contributed by atoms with E-state index in [-0.39, 0.29) is 5.41 Å². The summed E-state index contributed by atoms with van der Waals surface area (Å²) in [5.41, 5.74) is 1.22. The summed E-state index contributed by atoms with van der Waals surface area (Å²) in [4.78, 5) is 6.19. The predicted octanol–water partition coefficient (Wildman–Crippen LogP) is 2.52. The van der Waals surface area contributed by atoms with Crippen LogP contribution in [0.2, 0.25) is 0 Å². The normalized spacial score (nSPS) is 14.2. The van der Waals surface area contributed by atoms with Gasteiger partial charge >= 0.3 is 0 Å². The number of hydrogen-bond donors (Lipinski definition) is 0. The van der Waals surface area contributed by atoms with Crippen molar-refractivity contribution in [1.29, 1.82) is 0 Å². The first-order chi connectivity index (χ1) is 7.64. The van der Waals surface area contributed by atoms with Gasteiger partial charge in [0, 0.05) is 39.3 Å². The molecule has 4 heteroatoms. The number of hydrogen-bond acceptors (Lipinski definition) is 2. The molecule has 0 saturated carbocycles. The first-order valence-electron chi connectivity index (χ1n) is 6.08. The standard InChI is InChI=1S/C13H28N4/c1-10(2)13(4,5)11(3)15-17(9)12(14-6)16(7)8/h10H,1-9H3/b14-12-,15-11+. The molecule has 0 rings (SSSR count). The van der Waals surface area contributed by atoms with Gasteiger partial charge in [-0.2, -0.15) is 5.10 Å². The highest BCUT2D eigenvalue weighted by molar-refractivity contribution is 5.89. The number of guanidine groups is 1. The molecule has 4 nitrogen and oxygen atoms in total. The van der Waals surface area contributed by atoms with E-state index < -0.39 is 0 Å². The number of rotatable bonds is 3. The van der Waals surface area contributed by atoms with Crippen LogP contribution in [0.5, 0.6) is 0 Å². The Hall–Kier alpha value is -1.06. The Labute approximate surface area is 106 Å². The molecule has 0 aliphatic rings. The lowest BCUT2D eigenvalue weighted by Crippen LogP contribution is -2.37. The zero-order valence-corrected chi connectivity index (χ0v) is 12.9. The van der Waals surface area contributed by atoms with E-state index in [9.17, 15) is 0 Å². The summed E-state index contributed by atoms with van der Waals surface area (Å²) in [6.45, 7) is 11.0. The Morgan fingerprint density at radius 1 is 1.12 bits per heavy atom. The average Bonchev–Trinajstić information content (AvgIpc) is 2.17. The van der Waals surface area contributed by atoms with Crippen LogP contribution in [0.3, 0.4) is 0 Å². The maximum absolute atomic E-state index is 4.64. The van der Waals surface area contributed by atoms with Gasteiger partial charge in [0.1, 0.15) is 0 Å². The molecule has 0 radical (unpaired) electrons. The van der Waals surface area contributed by atoms with Gasteiger partial charge < -0.3 is 4.90 Å². The van der Waals surface area contributed by atoms with Gasteiger partial charge in [0.05, 0.1) is 0 Å². The Morgan fingerprint density at radius 2 is 1.59 bits per heavy atom. The molecular weight excluding hydrogens is 212 g/mol. The first kappa shape index (κ1) is 15.9. The number of aliphatic imine (C=N–C) groups is 1. The van der Waals surface area contributed by atoms with Crippen molar-refractivity contribution in [2.24, 2.45) is 21.4 Å². The molecule has 0 unspecified atom stereocenters. The molecule has 0 aliphatic carbocycles. The third kappa shape index (κ3) is 4.02. The minimum absolute atomic E-state index is 0.0967. The summed E-state index contributed by atoms with van der Waals surface area (Å²) in [5.74, 6) is 1.41. The van der Waals surface area contributed by atoms with Crippen molar-refractivity contribution < 1.29 is 0 Å². The van der Waals surface area contributed by atoms with Crippen LogP contribution in [0.15, 0.2) is 10.1 Å². The van der Waals surface area contributed by atoms with Crippen molar-refractivity contribution >= 4 is 11.7 Å². The third-order valence-electron chi connectivity index (χ3n) is 3.57. The van der Waals surface area contributed by atoms with E-state index in [1.165, 1.54) is 0 Å². The lowest BCUT2D eigenvalue weighted by molar-refractivity contribution is 0.351. The fourth-order valence-corrected chi connectivity index (χ4v) is 1.45. The van der Waals surface area contributed by atoms with Crippen molar-refractivity contribution in [3.8, 4) is 0 Å². The Morgan fingerprint density at radius 3 is 1.88 bits per heavy atom. The number of nitrogens with zero attached hydrogens (tertiary/aromatic N) is 4. The van der Waals surface area contributed by atoms with E-state index >= 15 is 0 Å². The second-order valence-corrected chi connectivity index (χ2v) is 5.50. The third-order valence-corrected chi connectivity index (χ3v) is 3.57. The zero-order valence-electron chi connectivity index (χ0n) is 12.9. The second kappa shape index (κ2) is 6.03. The van der Waals surface area contributed by atoms with Crippen LogP contribution in [0, 0.1) is 11.3 Å². The SMILES string of the molecule is C/N=C(/N(C)C)N(C)/N=C(\C)C(C)(C)C(C)C. The highest BCUT2D eigenvalue weighted by Crippen LogP contribution is 2.28. The number of hydrazone groups is 1. The lowest BCUT2D eigenvalue weighted by Gasteiger charge is -2.31. The van der Waals surface area contributed by atoms with E-state index in [0.29, 0.717) is 5.92 Å². The van der Waals surface area contributed by atoms with Crippen LogP contribution in [0.25, 0.3) is 0 Å². The van der Waals surface area contributed by atoms with Crippen LogP contribution in [-0.4, -0.2) is 49.8 Å². The Bertz CT molecular complexity index is 301. The predicted molar refractivity (Wildman–Crippen MR) is 76.5 cm³/mol. The molecule has 0 saturated heterocycles. The van der Waals surface area contributed by atoms with Crippen molar-refractivity contribution in [2.45, 2.75) is 34.6 Å². The van der Waals surface area contributed by atoms with Gasteiger partial charge in [-0.1, -0.05) is 27.7 Å². The fraction of sp³-hybridized carbons (Fsp3) is 0.846. The van der Waals surface area contributed by atoms with Gasteiger partial charge in [0.15, 0.2) is 0 Å². The van der Waals surface area contributed by atoms with Gasteiger partial charge in [0.25, 0.3) is 0 Å². The topological polar surface area (TPSA) is 31.2 Å². The van der Waals surface area contributed by atoms with Crippen LogP contribution >= 0.6 is 0 Å². The summed E-state index contributed by atoms with van der Waals surface area (Å²) in [6.07, 6.45) is 0. The summed E-state index contributed by atoms with van der Waals surface area (Å²) in [7, 11) is 7.65. The van der Waals surface area contributed by atoms with E-state index in [0.717, 1.165) is 11.7 Å². The molecule has 0 aromatic rings. The molecule has 0 fully saturated rings. The van der Waals surface area contributed by atoms with Gasteiger partial charge in [0.2, 0.25) is 5.96 Å². The molecule has 0 heterocycles. The Kier molecular flexibility index (Phi) is 5.66. The van der Waals surface area contributed by atoms with Gasteiger partial charge in [-0.15, -0.1) is 0 Å². The van der Waals surface area contributed by atoms with Crippen molar-refractivity contribution in [2.75, 3.05) is 28.2 Å². The fourth-order valence-electron chi connectivity index (χ4n) is 1.45. The maximum Gasteiger partial charge on any atom is 0.216 e. The molecule has 100 valence electrons. The maximum atomic E-state index is 4.64. The smallest absolute Gasteiger partial charge is 0.216 e. The monoisotopic (exact) mass is 240 g/mol. The minimum Gasteiger partial charge on any atom is -0.348 e. The van der Waals surface area contributed by atoms with Crippen LogP contribution in [0.4, 0.5) is 0 Å². The highest BCUT2D eigenvalue weighted by atomic mass is 15.5. The summed E-state index contributed by atoms with van der Waals surface area (Å²) in [5, 5.41) is 6.47. The zero-order chi connectivity index (χ0) is 13.8. The molecule has 0 bridgehead atoms. The molecule has 17 heavy (non-hydrogen) atoms. The van der Waals surface area contributed by atoms with Crippen molar-refractivity contribution in [3.63, 3.8) is 0 Å². The average molecular weight is 240 g/mol. The summed E-state index contributed by atoms with van der Waals surface area (Å²) < 4.78 is 0. The van der Waals surface area contributed by atoms with Crippen LogP contribution in [0.1, 0.15) is 34.6 Å². The molecule has 0 aromatic heterocycles. The van der Waals surface area contributed by atoms with E-state index in [1.54, 1.807) is 7.05 Å². The molecule has 0 aliphatic heterocycles. The highest BCUT2D eigenvalue weighted by Gasteiger charge is 2.26. The molecule has 0 aromatic carbocycles. The van der Waals surface area contributed by atoms with Crippen molar-refractivity contribution in [1.82, 2.24) is 9.91 Å². The van der Waals surface area contributed by atoms with E-state index in [2.05, 4.69) is 44.7 Å². The minimum atomic E-state index is 0.0967. The van der Waals surface area contributed by atoms with Gasteiger partial charge in [-0.05, 0) is 12.8 Å². The second-order valence-electron chi connectivity index (χ2n) is 5.50. The summed E-state index contributed by atoms with van der Waals surface area (Å²) >= 11 is 0. The van der Waals surface area contributed by atoms with Gasteiger partial charge in [-0.3, -0.25) is 4.99 Å². The molecule has 0 N–H and O–H groups in total. The van der Waals surface area contributed by atoms with Gasteiger partial charge in [-0.25, -0.2) is 5.01 Å². The quantitative estimate of drug-likeness (QED) is 0.431. The van der Waals surface area contributed by atoms with Crippen LogP contribution in [-0.2, 0) is 0 Å². The van der Waals surface area contributed by atoms with E-state index in [1.807, 2.05) is 31.1 Å². The van der Waals surface area contributed by atoms with E-state index in [4.69, 9.17) is 0 Å². The lowest BCUT2D eigenvalue weighted by atomic mass is 9.77. The molecular formula is C13H28N4. The first-order valence-corrected chi connectivity index (χ1v) is 6.08. The molecule has 0 amide bonds. The molecule has 0 atom stereocenters.